The van der Waals surface area contributed by atoms with Gasteiger partial charge in [0.05, 0.1) is 6.61 Å². The number of benzene rings is 2. The third-order valence-electron chi connectivity index (χ3n) is 3.38. The van der Waals surface area contributed by atoms with E-state index >= 15 is 0 Å². The summed E-state index contributed by atoms with van der Waals surface area (Å²) in [7, 11) is 0. The fourth-order valence-corrected chi connectivity index (χ4v) is 2.19. The molecule has 0 spiro atoms. The predicted octanol–water partition coefficient (Wildman–Crippen LogP) is 4.24. The molecule has 0 heterocycles. The van der Waals surface area contributed by atoms with Gasteiger partial charge in [-0.25, -0.2) is 0 Å². The Morgan fingerprint density at radius 1 is 1.05 bits per heavy atom. The largest absolute Gasteiger partial charge is 0.493 e. The van der Waals surface area contributed by atoms with Gasteiger partial charge in [-0.05, 0) is 35.9 Å². The summed E-state index contributed by atoms with van der Waals surface area (Å²) in [4.78, 5) is 0. The third-order valence-corrected chi connectivity index (χ3v) is 3.38. The van der Waals surface area contributed by atoms with Crippen molar-refractivity contribution in [2.45, 2.75) is 27.2 Å². The Kier molecular flexibility index (Phi) is 5.02. The second-order valence-electron chi connectivity index (χ2n) is 6.14. The Labute approximate surface area is 122 Å². The first-order valence-corrected chi connectivity index (χ1v) is 7.43. The highest BCUT2D eigenvalue weighted by molar-refractivity contribution is 5.83. The molecule has 2 nitrogen and oxygen atoms in total. The number of ether oxygens (including phenoxy) is 1. The van der Waals surface area contributed by atoms with E-state index in [2.05, 4.69) is 68.6 Å². The molecule has 20 heavy (non-hydrogen) atoms. The smallest absolute Gasteiger partial charge is 0.119 e. The molecule has 0 aromatic heterocycles. The van der Waals surface area contributed by atoms with Crippen LogP contribution in [0.25, 0.3) is 10.8 Å². The van der Waals surface area contributed by atoms with Gasteiger partial charge < -0.3 is 10.1 Å². The molecule has 0 saturated heterocycles. The highest BCUT2D eigenvalue weighted by Gasteiger charge is 2.18. The van der Waals surface area contributed by atoms with Crippen molar-refractivity contribution in [3.05, 3.63) is 42.5 Å². The van der Waals surface area contributed by atoms with Crippen LogP contribution in [-0.4, -0.2) is 19.7 Å². The van der Waals surface area contributed by atoms with Crippen molar-refractivity contribution >= 4 is 10.8 Å². The third kappa shape index (κ3) is 4.24. The molecule has 0 atom stereocenters. The van der Waals surface area contributed by atoms with E-state index < -0.39 is 0 Å². The summed E-state index contributed by atoms with van der Waals surface area (Å²) in [6.07, 6.45) is 1.17. The van der Waals surface area contributed by atoms with Gasteiger partial charge in [-0.2, -0.15) is 0 Å². The van der Waals surface area contributed by atoms with Gasteiger partial charge in [0.2, 0.25) is 0 Å². The fraction of sp³-hybridized carbons (Fsp3) is 0.444. The Balaban J connectivity index is 1.94. The van der Waals surface area contributed by atoms with Crippen LogP contribution in [-0.2, 0) is 0 Å². The van der Waals surface area contributed by atoms with Crippen molar-refractivity contribution in [3.63, 3.8) is 0 Å². The van der Waals surface area contributed by atoms with Crippen LogP contribution in [0.1, 0.15) is 27.2 Å². The summed E-state index contributed by atoms with van der Waals surface area (Å²) < 4.78 is 5.97. The number of rotatable bonds is 7. The minimum atomic E-state index is 0.140. The van der Waals surface area contributed by atoms with E-state index in [1.165, 1.54) is 17.2 Å². The normalized spacial score (nSPS) is 11.8. The number of hydrogen-bond acceptors (Lipinski definition) is 2. The first-order chi connectivity index (χ1) is 9.61. The van der Waals surface area contributed by atoms with Crippen LogP contribution >= 0.6 is 0 Å². The van der Waals surface area contributed by atoms with E-state index in [9.17, 15) is 0 Å². The molecule has 108 valence electrons. The Hall–Kier alpha value is -1.54. The minimum absolute atomic E-state index is 0.140. The highest BCUT2D eigenvalue weighted by atomic mass is 16.5. The average molecular weight is 271 g/mol. The summed E-state index contributed by atoms with van der Waals surface area (Å²) in [6, 6.07) is 14.7. The standard InChI is InChI=1S/C18H25NO/c1-4-11-19-13-18(2,3)14-20-17-10-9-15-7-5-6-8-16(15)12-17/h5-10,12,19H,4,11,13-14H2,1-3H3. The molecule has 2 heteroatoms. The van der Waals surface area contributed by atoms with Gasteiger partial charge in [0.1, 0.15) is 5.75 Å². The zero-order chi connectivity index (χ0) is 14.4. The number of hydrogen-bond donors (Lipinski definition) is 1. The van der Waals surface area contributed by atoms with E-state index in [1.54, 1.807) is 0 Å². The molecule has 2 aromatic carbocycles. The first kappa shape index (κ1) is 14.9. The van der Waals surface area contributed by atoms with E-state index in [0.29, 0.717) is 0 Å². The van der Waals surface area contributed by atoms with Crippen LogP contribution in [0.2, 0.25) is 0 Å². The van der Waals surface area contributed by atoms with Crippen molar-refractivity contribution in [3.8, 4) is 5.75 Å². The molecule has 0 saturated carbocycles. The summed E-state index contributed by atoms with van der Waals surface area (Å²) in [5.74, 6) is 0.951. The van der Waals surface area contributed by atoms with Crippen LogP contribution in [0.4, 0.5) is 0 Å². The van der Waals surface area contributed by atoms with Gasteiger partial charge in [-0.3, -0.25) is 0 Å². The van der Waals surface area contributed by atoms with Gasteiger partial charge in [0.25, 0.3) is 0 Å². The minimum Gasteiger partial charge on any atom is -0.493 e. The zero-order valence-electron chi connectivity index (χ0n) is 12.8. The van der Waals surface area contributed by atoms with Gasteiger partial charge in [0.15, 0.2) is 0 Å². The van der Waals surface area contributed by atoms with Gasteiger partial charge >= 0.3 is 0 Å². The Bertz CT molecular complexity index is 548. The van der Waals surface area contributed by atoms with Crippen molar-refractivity contribution in [1.82, 2.24) is 5.32 Å². The van der Waals surface area contributed by atoms with Gasteiger partial charge in [-0.1, -0.05) is 51.1 Å². The Morgan fingerprint density at radius 2 is 1.80 bits per heavy atom. The predicted molar refractivity (Wildman–Crippen MR) is 86.4 cm³/mol. The lowest BCUT2D eigenvalue weighted by molar-refractivity contribution is 0.177. The quantitative estimate of drug-likeness (QED) is 0.760. The zero-order valence-corrected chi connectivity index (χ0v) is 12.8. The van der Waals surface area contributed by atoms with Gasteiger partial charge in [-0.15, -0.1) is 0 Å². The van der Waals surface area contributed by atoms with Crippen LogP contribution < -0.4 is 10.1 Å². The van der Waals surface area contributed by atoms with Crippen LogP contribution in [0.5, 0.6) is 5.75 Å². The first-order valence-electron chi connectivity index (χ1n) is 7.43. The molecular weight excluding hydrogens is 246 g/mol. The SMILES string of the molecule is CCCNCC(C)(C)COc1ccc2ccccc2c1. The molecule has 0 amide bonds. The van der Waals surface area contributed by atoms with Crippen LogP contribution in [0.15, 0.2) is 42.5 Å². The van der Waals surface area contributed by atoms with E-state index in [4.69, 9.17) is 4.74 Å². The number of fused-ring (bicyclic) bond motifs is 1. The molecule has 0 radical (unpaired) electrons. The molecule has 2 rings (SSSR count). The summed E-state index contributed by atoms with van der Waals surface area (Å²) in [5.41, 5.74) is 0.140. The lowest BCUT2D eigenvalue weighted by Crippen LogP contribution is -2.34. The van der Waals surface area contributed by atoms with Crippen molar-refractivity contribution < 1.29 is 4.74 Å². The maximum atomic E-state index is 5.97. The second kappa shape index (κ2) is 6.76. The molecule has 0 aliphatic carbocycles. The fourth-order valence-electron chi connectivity index (χ4n) is 2.19. The lowest BCUT2D eigenvalue weighted by atomic mass is 9.95. The van der Waals surface area contributed by atoms with Crippen molar-refractivity contribution in [2.24, 2.45) is 5.41 Å². The summed E-state index contributed by atoms with van der Waals surface area (Å²) >= 11 is 0. The van der Waals surface area contributed by atoms with E-state index in [-0.39, 0.29) is 5.41 Å². The number of nitrogens with one attached hydrogen (secondary N) is 1. The molecule has 0 aliphatic rings. The lowest BCUT2D eigenvalue weighted by Gasteiger charge is -2.25. The van der Waals surface area contributed by atoms with E-state index in [0.717, 1.165) is 25.4 Å². The van der Waals surface area contributed by atoms with Crippen LogP contribution in [0.3, 0.4) is 0 Å². The molecular formula is C18H25NO. The summed E-state index contributed by atoms with van der Waals surface area (Å²) in [6.45, 7) is 9.43. The maximum Gasteiger partial charge on any atom is 0.119 e. The second-order valence-corrected chi connectivity index (χ2v) is 6.14. The molecule has 0 aliphatic heterocycles. The van der Waals surface area contributed by atoms with E-state index in [1.807, 2.05) is 0 Å². The molecule has 0 bridgehead atoms. The molecule has 2 aromatic rings. The average Bonchev–Trinajstić information content (AvgIpc) is 2.45. The van der Waals surface area contributed by atoms with Gasteiger partial charge in [0, 0.05) is 12.0 Å². The molecule has 0 fully saturated rings. The van der Waals surface area contributed by atoms with Crippen molar-refractivity contribution in [1.29, 1.82) is 0 Å². The maximum absolute atomic E-state index is 5.97. The Morgan fingerprint density at radius 3 is 2.55 bits per heavy atom. The highest BCUT2D eigenvalue weighted by Crippen LogP contribution is 2.23. The molecule has 0 unspecified atom stereocenters. The monoisotopic (exact) mass is 271 g/mol. The topological polar surface area (TPSA) is 21.3 Å². The van der Waals surface area contributed by atoms with Crippen LogP contribution in [0, 0.1) is 5.41 Å². The molecule has 1 N–H and O–H groups in total. The summed E-state index contributed by atoms with van der Waals surface area (Å²) in [5, 5.41) is 5.94. The van der Waals surface area contributed by atoms with Crippen molar-refractivity contribution in [2.75, 3.05) is 19.7 Å².